The minimum Gasteiger partial charge on any atom is -0.497 e. The van der Waals surface area contributed by atoms with E-state index in [4.69, 9.17) is 9.57 Å². The molecule has 1 aromatic heterocycles. The fourth-order valence-corrected chi connectivity index (χ4v) is 2.74. The highest BCUT2D eigenvalue weighted by Gasteiger charge is 2.04. The Morgan fingerprint density at radius 3 is 2.26 bits per heavy atom. The van der Waals surface area contributed by atoms with Gasteiger partial charge in [0.15, 0.2) is 0 Å². The van der Waals surface area contributed by atoms with Gasteiger partial charge in [0.1, 0.15) is 5.75 Å². The third-order valence-corrected chi connectivity index (χ3v) is 4.12. The van der Waals surface area contributed by atoms with Crippen molar-refractivity contribution in [3.8, 4) is 5.75 Å². The third-order valence-electron chi connectivity index (χ3n) is 4.12. The highest BCUT2D eigenvalue weighted by atomic mass is 16.6. The minimum atomic E-state index is 0.597. The van der Waals surface area contributed by atoms with Crippen LogP contribution in [0.25, 0.3) is 0 Å². The molecule has 2 aromatic carbocycles. The van der Waals surface area contributed by atoms with E-state index < -0.39 is 0 Å². The van der Waals surface area contributed by atoms with Crippen molar-refractivity contribution in [1.29, 1.82) is 0 Å². The average Bonchev–Trinajstić information content (AvgIpc) is 2.72. The van der Waals surface area contributed by atoms with Crippen molar-refractivity contribution in [2.24, 2.45) is 0 Å². The van der Waals surface area contributed by atoms with E-state index in [1.165, 1.54) is 5.56 Å². The summed E-state index contributed by atoms with van der Waals surface area (Å²) in [5.74, 6) is 1.44. The van der Waals surface area contributed by atoms with Crippen LogP contribution in [0.1, 0.15) is 16.7 Å². The second-order valence-corrected chi connectivity index (χ2v) is 6.12. The molecule has 27 heavy (non-hydrogen) atoms. The predicted molar refractivity (Wildman–Crippen MR) is 106 cm³/mol. The first-order valence-electron chi connectivity index (χ1n) is 8.82. The molecule has 0 bridgehead atoms. The van der Waals surface area contributed by atoms with Crippen LogP contribution < -0.4 is 15.5 Å². The number of hydroxylamine groups is 1. The molecule has 0 saturated heterocycles. The molecule has 6 heteroatoms. The van der Waals surface area contributed by atoms with E-state index in [-0.39, 0.29) is 0 Å². The highest BCUT2D eigenvalue weighted by Crippen LogP contribution is 2.19. The molecule has 2 N–H and O–H groups in total. The lowest BCUT2D eigenvalue weighted by Crippen LogP contribution is -2.11. The first kappa shape index (κ1) is 18.8. The van der Waals surface area contributed by atoms with Gasteiger partial charge in [-0.25, -0.2) is 9.97 Å². The molecule has 3 aromatic rings. The predicted octanol–water partition coefficient (Wildman–Crippen LogP) is 3.67. The number of benzene rings is 2. The highest BCUT2D eigenvalue weighted by molar-refractivity contribution is 5.52. The normalized spacial score (nSPS) is 10.6. The van der Waals surface area contributed by atoms with E-state index in [0.29, 0.717) is 12.5 Å². The number of rotatable bonds is 9. The number of hydrogen-bond donors (Lipinski definition) is 2. The summed E-state index contributed by atoms with van der Waals surface area (Å²) in [5.41, 5.74) is 7.24. The van der Waals surface area contributed by atoms with Crippen molar-refractivity contribution < 1.29 is 9.57 Å². The molecule has 0 spiro atoms. The van der Waals surface area contributed by atoms with Crippen molar-refractivity contribution in [2.45, 2.75) is 19.4 Å². The van der Waals surface area contributed by atoms with E-state index in [9.17, 15) is 0 Å². The monoisotopic (exact) mass is 364 g/mol. The van der Waals surface area contributed by atoms with E-state index in [2.05, 4.69) is 32.9 Å². The Bertz CT molecular complexity index is 839. The van der Waals surface area contributed by atoms with Gasteiger partial charge in [0.25, 0.3) is 0 Å². The van der Waals surface area contributed by atoms with Crippen LogP contribution in [-0.4, -0.2) is 24.2 Å². The van der Waals surface area contributed by atoms with Crippen molar-refractivity contribution >= 4 is 11.6 Å². The van der Waals surface area contributed by atoms with Gasteiger partial charge in [0.2, 0.25) is 5.95 Å². The first-order chi connectivity index (χ1) is 13.3. The van der Waals surface area contributed by atoms with Gasteiger partial charge >= 0.3 is 0 Å². The SMILES string of the molecule is CONCc1cc(CCc2cnc(Nc3ccccc3)nc2)cc(OC)c1. The van der Waals surface area contributed by atoms with Gasteiger partial charge in [-0.15, -0.1) is 0 Å². The molecule has 3 rings (SSSR count). The van der Waals surface area contributed by atoms with Gasteiger partial charge < -0.3 is 14.9 Å². The number of aryl methyl sites for hydroxylation is 2. The van der Waals surface area contributed by atoms with Crippen LogP contribution in [0.5, 0.6) is 5.75 Å². The molecule has 0 aliphatic carbocycles. The Kier molecular flexibility index (Phi) is 6.73. The fraction of sp³-hybridized carbons (Fsp3) is 0.238. The van der Waals surface area contributed by atoms with E-state index in [0.717, 1.165) is 35.4 Å². The molecule has 0 fully saturated rings. The quantitative estimate of drug-likeness (QED) is 0.565. The largest absolute Gasteiger partial charge is 0.497 e. The van der Waals surface area contributed by atoms with Crippen molar-refractivity contribution in [3.05, 3.63) is 77.6 Å². The molecule has 0 radical (unpaired) electrons. The molecular formula is C21H24N4O2. The molecule has 6 nitrogen and oxygen atoms in total. The van der Waals surface area contributed by atoms with Crippen LogP contribution in [0, 0.1) is 0 Å². The Hall–Kier alpha value is -2.96. The summed E-state index contributed by atoms with van der Waals surface area (Å²) in [6, 6.07) is 16.1. The van der Waals surface area contributed by atoms with Crippen molar-refractivity contribution in [3.63, 3.8) is 0 Å². The van der Waals surface area contributed by atoms with Crippen LogP contribution in [0.3, 0.4) is 0 Å². The molecule has 0 amide bonds. The first-order valence-corrected chi connectivity index (χ1v) is 8.82. The summed E-state index contributed by atoms with van der Waals surface area (Å²) in [7, 11) is 3.29. The Morgan fingerprint density at radius 1 is 0.852 bits per heavy atom. The molecule has 0 saturated carbocycles. The van der Waals surface area contributed by atoms with Gasteiger partial charge in [-0.05, 0) is 53.8 Å². The number of nitrogens with zero attached hydrogens (tertiary/aromatic N) is 2. The maximum absolute atomic E-state index is 5.40. The Balaban J connectivity index is 1.61. The fourth-order valence-electron chi connectivity index (χ4n) is 2.74. The average molecular weight is 364 g/mol. The summed E-state index contributed by atoms with van der Waals surface area (Å²) in [6.07, 6.45) is 5.47. The standard InChI is InChI=1S/C21H24N4O2/c1-26-20-11-16(10-18(12-20)15-24-27-2)8-9-17-13-22-21(23-14-17)25-19-6-4-3-5-7-19/h3-7,10-14,24H,8-9,15H2,1-2H3,(H,22,23,25). The van der Waals surface area contributed by atoms with E-state index in [1.54, 1.807) is 14.2 Å². The lowest BCUT2D eigenvalue weighted by molar-refractivity contribution is 0.0866. The number of methoxy groups -OCH3 is 1. The number of aromatic nitrogens is 2. The molecule has 0 aliphatic rings. The van der Waals surface area contributed by atoms with Crippen LogP contribution in [-0.2, 0) is 24.2 Å². The number of ether oxygens (including phenoxy) is 1. The summed E-state index contributed by atoms with van der Waals surface area (Å²) in [4.78, 5) is 13.7. The second-order valence-electron chi connectivity index (χ2n) is 6.12. The van der Waals surface area contributed by atoms with Crippen molar-refractivity contribution in [1.82, 2.24) is 15.4 Å². The molecular weight excluding hydrogens is 340 g/mol. The minimum absolute atomic E-state index is 0.597. The molecule has 140 valence electrons. The summed E-state index contributed by atoms with van der Waals surface area (Å²) in [5, 5.41) is 3.19. The smallest absolute Gasteiger partial charge is 0.227 e. The molecule has 0 aliphatic heterocycles. The van der Waals surface area contributed by atoms with Gasteiger partial charge in [0.05, 0.1) is 14.2 Å². The molecule has 1 heterocycles. The van der Waals surface area contributed by atoms with Crippen LogP contribution in [0.4, 0.5) is 11.6 Å². The number of nitrogens with one attached hydrogen (secondary N) is 2. The zero-order chi connectivity index (χ0) is 18.9. The topological polar surface area (TPSA) is 68.3 Å². The van der Waals surface area contributed by atoms with Gasteiger partial charge in [-0.3, -0.25) is 0 Å². The van der Waals surface area contributed by atoms with Crippen LogP contribution in [0.2, 0.25) is 0 Å². The Labute approximate surface area is 159 Å². The van der Waals surface area contributed by atoms with Gasteiger partial charge in [0, 0.05) is 24.6 Å². The Morgan fingerprint density at radius 2 is 1.56 bits per heavy atom. The molecule has 0 unspecified atom stereocenters. The van der Waals surface area contributed by atoms with Gasteiger partial charge in [-0.2, -0.15) is 5.48 Å². The second kappa shape index (κ2) is 9.66. The van der Waals surface area contributed by atoms with Gasteiger partial charge in [-0.1, -0.05) is 24.3 Å². The maximum Gasteiger partial charge on any atom is 0.227 e. The number of anilines is 2. The summed E-state index contributed by atoms with van der Waals surface area (Å²) < 4.78 is 5.40. The van der Waals surface area contributed by atoms with E-state index in [1.807, 2.05) is 48.8 Å². The number of para-hydroxylation sites is 1. The lowest BCUT2D eigenvalue weighted by atomic mass is 10.0. The zero-order valence-corrected chi connectivity index (χ0v) is 15.6. The summed E-state index contributed by atoms with van der Waals surface area (Å²) in [6.45, 7) is 0.629. The van der Waals surface area contributed by atoms with E-state index >= 15 is 0 Å². The third kappa shape index (κ3) is 5.77. The lowest BCUT2D eigenvalue weighted by Gasteiger charge is -2.10. The van der Waals surface area contributed by atoms with Crippen molar-refractivity contribution in [2.75, 3.05) is 19.5 Å². The zero-order valence-electron chi connectivity index (χ0n) is 15.6. The number of hydrogen-bond acceptors (Lipinski definition) is 6. The maximum atomic E-state index is 5.40. The molecule has 0 atom stereocenters. The summed E-state index contributed by atoms with van der Waals surface area (Å²) >= 11 is 0. The van der Waals surface area contributed by atoms with Crippen LogP contribution >= 0.6 is 0 Å². The van der Waals surface area contributed by atoms with Crippen LogP contribution in [0.15, 0.2) is 60.9 Å².